The molecule has 0 saturated carbocycles. The first-order chi connectivity index (χ1) is 20.8. The van der Waals surface area contributed by atoms with Crippen molar-refractivity contribution in [2.45, 2.75) is 16.7 Å². The predicted octanol–water partition coefficient (Wildman–Crippen LogP) is 2.53. The number of benzene rings is 2. The van der Waals surface area contributed by atoms with Crippen LogP contribution in [0.3, 0.4) is 0 Å². The predicted molar refractivity (Wildman–Crippen MR) is 160 cm³/mol. The van der Waals surface area contributed by atoms with Crippen LogP contribution < -0.4 is 10.6 Å². The first kappa shape index (κ1) is 35.4. The van der Waals surface area contributed by atoms with Crippen molar-refractivity contribution in [2.75, 3.05) is 36.1 Å². The summed E-state index contributed by atoms with van der Waals surface area (Å²) in [5, 5.41) is 23.3. The zero-order valence-electron chi connectivity index (χ0n) is 22.9. The summed E-state index contributed by atoms with van der Waals surface area (Å²) in [6, 6.07) is 7.14. The average Bonchev–Trinajstić information content (AvgIpc) is 2.92. The highest BCUT2D eigenvalue weighted by molar-refractivity contribution is 7.94. The summed E-state index contributed by atoms with van der Waals surface area (Å²) in [7, 11) is -18.2. The third-order valence-corrected chi connectivity index (χ3v) is 9.36. The van der Waals surface area contributed by atoms with E-state index in [2.05, 4.69) is 36.6 Å². The van der Waals surface area contributed by atoms with E-state index >= 15 is 0 Å². The van der Waals surface area contributed by atoms with Gasteiger partial charge in [-0.1, -0.05) is 18.7 Å². The van der Waals surface area contributed by atoms with Crippen molar-refractivity contribution in [3.05, 3.63) is 53.4 Å². The van der Waals surface area contributed by atoms with Gasteiger partial charge in [-0.15, -0.1) is 5.11 Å². The van der Waals surface area contributed by atoms with Crippen LogP contribution in [0, 0.1) is 18.3 Å². The van der Waals surface area contributed by atoms with Gasteiger partial charge < -0.3 is 10.6 Å². The minimum absolute atomic E-state index is 0.0953. The number of nitrogens with zero attached hydrogens (tertiary/aromatic N) is 4. The fourth-order valence-electron chi connectivity index (χ4n) is 3.83. The van der Waals surface area contributed by atoms with Gasteiger partial charge >= 0.3 is 10.4 Å². The summed E-state index contributed by atoms with van der Waals surface area (Å²) < 4.78 is 126. The van der Waals surface area contributed by atoms with Crippen molar-refractivity contribution in [3.8, 4) is 6.07 Å². The molecule has 45 heavy (non-hydrogen) atoms. The number of hydrogen-bond donors (Lipinski definition) is 5. The van der Waals surface area contributed by atoms with Crippen molar-refractivity contribution in [3.63, 3.8) is 0 Å². The second-order valence-electron chi connectivity index (χ2n) is 8.85. The van der Waals surface area contributed by atoms with Crippen molar-refractivity contribution in [2.24, 2.45) is 10.2 Å². The molecule has 3 rings (SSSR count). The lowest BCUT2D eigenvalue weighted by atomic mass is 10.1. The van der Waals surface area contributed by atoms with Crippen LogP contribution in [0.5, 0.6) is 0 Å². The van der Waals surface area contributed by atoms with Gasteiger partial charge in [-0.2, -0.15) is 35.6 Å². The van der Waals surface area contributed by atoms with Gasteiger partial charge in [-0.3, -0.25) is 13.7 Å². The summed E-state index contributed by atoms with van der Waals surface area (Å²) in [4.78, 5) is 2.76. The molecule has 0 aliphatic carbocycles. The monoisotopic (exact) mass is 704 g/mol. The number of rotatable bonds is 14. The van der Waals surface area contributed by atoms with Crippen LogP contribution in [0.2, 0.25) is 0 Å². The smallest absolute Gasteiger partial charge is 0.368 e. The maximum Gasteiger partial charge on any atom is 0.397 e. The lowest BCUT2D eigenvalue weighted by Gasteiger charge is -2.15. The standard InChI is InChI=1S/C23H24N6O12S4/c1-3-42(30,31)10-8-26-22-18(13-24)14(2)21(23(27-22)25-7-9-41-45(38,39)40)29-28-15-11-17-16(20(12-15)44(35,36)37)5-4-6-19(17)43(32,33)34/h3-6,11-12H,1,7-10H2,2H3,(H2,25,26,27)(H,32,33,34)(H,35,36,37)(H,38,39,40)/b29-28+. The number of anilines is 2. The Bertz CT molecular complexity index is 2180. The van der Waals surface area contributed by atoms with Gasteiger partial charge in [-0.05, 0) is 25.1 Å². The molecule has 5 N–H and O–H groups in total. The van der Waals surface area contributed by atoms with Gasteiger partial charge in [-0.25, -0.2) is 17.6 Å². The molecule has 0 atom stereocenters. The molecule has 18 nitrogen and oxygen atoms in total. The van der Waals surface area contributed by atoms with Crippen LogP contribution in [-0.4, -0.2) is 77.8 Å². The van der Waals surface area contributed by atoms with Crippen molar-refractivity contribution in [1.82, 2.24) is 4.98 Å². The number of fused-ring (bicyclic) bond motifs is 1. The minimum Gasteiger partial charge on any atom is -0.368 e. The van der Waals surface area contributed by atoms with Crippen molar-refractivity contribution in [1.29, 1.82) is 5.26 Å². The van der Waals surface area contributed by atoms with Crippen LogP contribution in [0.4, 0.5) is 23.0 Å². The number of nitriles is 1. The molecule has 0 aliphatic heterocycles. The summed E-state index contributed by atoms with van der Waals surface area (Å²) in [6.07, 6.45) is 0. The van der Waals surface area contributed by atoms with E-state index in [1.165, 1.54) is 13.0 Å². The molecule has 0 unspecified atom stereocenters. The Morgan fingerprint density at radius 3 is 2.16 bits per heavy atom. The highest BCUT2D eigenvalue weighted by Crippen LogP contribution is 2.37. The number of hydrogen-bond acceptors (Lipinski definition) is 15. The summed E-state index contributed by atoms with van der Waals surface area (Å²) >= 11 is 0. The SMILES string of the molecule is C=CS(=O)(=O)CCNc1nc(NCCOS(=O)(=O)O)c(/N=N/c2cc(S(=O)(=O)O)c3cccc(S(=O)(=O)O)c3c2)c(C)c1C#N. The third-order valence-electron chi connectivity index (χ3n) is 5.81. The fraction of sp³-hybridized carbons (Fsp3) is 0.217. The van der Waals surface area contributed by atoms with Crippen LogP contribution in [0.15, 0.2) is 62.3 Å². The molecule has 3 aromatic rings. The molecule has 0 spiro atoms. The topological polar surface area (TPSA) is 292 Å². The quantitative estimate of drug-likeness (QED) is 0.0915. The highest BCUT2D eigenvalue weighted by Gasteiger charge is 2.22. The number of pyridine rings is 1. The lowest BCUT2D eigenvalue weighted by Crippen LogP contribution is -2.17. The molecule has 0 radical (unpaired) electrons. The van der Waals surface area contributed by atoms with Gasteiger partial charge in [0.25, 0.3) is 20.2 Å². The van der Waals surface area contributed by atoms with Crippen molar-refractivity contribution >= 4 is 74.3 Å². The molecule has 1 heterocycles. The second kappa shape index (κ2) is 13.5. The van der Waals surface area contributed by atoms with Gasteiger partial charge in [0.15, 0.2) is 15.7 Å². The Labute approximate surface area is 257 Å². The van der Waals surface area contributed by atoms with Crippen LogP contribution in [0.25, 0.3) is 10.8 Å². The molecule has 0 saturated heterocycles. The average molecular weight is 705 g/mol. The number of sulfone groups is 1. The Balaban J connectivity index is 2.19. The maximum absolute atomic E-state index is 12.1. The van der Waals surface area contributed by atoms with E-state index in [0.717, 1.165) is 29.7 Å². The number of aromatic nitrogens is 1. The summed E-state index contributed by atoms with van der Waals surface area (Å²) in [5.74, 6) is -0.681. The Morgan fingerprint density at radius 2 is 1.58 bits per heavy atom. The van der Waals surface area contributed by atoms with E-state index in [1.807, 2.05) is 6.07 Å². The van der Waals surface area contributed by atoms with E-state index in [1.54, 1.807) is 0 Å². The van der Waals surface area contributed by atoms with E-state index in [9.17, 15) is 48.0 Å². The zero-order chi connectivity index (χ0) is 33.8. The third kappa shape index (κ3) is 9.22. The molecule has 242 valence electrons. The van der Waals surface area contributed by atoms with Crippen LogP contribution in [0.1, 0.15) is 11.1 Å². The van der Waals surface area contributed by atoms with E-state index in [0.29, 0.717) is 0 Å². The van der Waals surface area contributed by atoms with Gasteiger partial charge in [0, 0.05) is 34.8 Å². The molecule has 0 bridgehead atoms. The summed E-state index contributed by atoms with van der Waals surface area (Å²) in [6.45, 7) is 3.50. The van der Waals surface area contributed by atoms with Crippen LogP contribution >= 0.6 is 0 Å². The van der Waals surface area contributed by atoms with Crippen LogP contribution in [-0.2, 0) is 44.7 Å². The van der Waals surface area contributed by atoms with Gasteiger partial charge in [0.05, 0.1) is 23.6 Å². The Morgan fingerprint density at radius 1 is 0.933 bits per heavy atom. The maximum atomic E-state index is 12.1. The summed E-state index contributed by atoms with van der Waals surface area (Å²) in [5.41, 5.74) is -0.524. The second-order valence-corrected chi connectivity index (χ2v) is 14.8. The van der Waals surface area contributed by atoms with E-state index in [4.69, 9.17) is 4.55 Å². The number of azo groups is 1. The molecule has 0 fully saturated rings. The molecular weight excluding hydrogens is 681 g/mol. The van der Waals surface area contributed by atoms with E-state index in [-0.39, 0.29) is 58.0 Å². The number of nitrogens with one attached hydrogen (secondary N) is 2. The Kier molecular flexibility index (Phi) is 10.6. The zero-order valence-corrected chi connectivity index (χ0v) is 26.2. The fourth-order valence-corrected chi connectivity index (χ4v) is 6.10. The molecular formula is C23H24N6O12S4. The van der Waals surface area contributed by atoms with Gasteiger partial charge in [0.1, 0.15) is 27.4 Å². The molecule has 0 amide bonds. The normalized spacial score (nSPS) is 12.7. The Hall–Kier alpha value is -4.08. The van der Waals surface area contributed by atoms with Crippen molar-refractivity contribution < 1.29 is 51.5 Å². The minimum atomic E-state index is -4.96. The lowest BCUT2D eigenvalue weighted by molar-refractivity contribution is 0.278. The molecule has 0 aliphatic rings. The van der Waals surface area contributed by atoms with E-state index < -0.39 is 62.6 Å². The molecule has 1 aromatic heterocycles. The largest absolute Gasteiger partial charge is 0.397 e. The highest BCUT2D eigenvalue weighted by atomic mass is 32.3. The molecule has 22 heteroatoms. The first-order valence-electron chi connectivity index (χ1n) is 12.1. The van der Waals surface area contributed by atoms with Gasteiger partial charge in [0.2, 0.25) is 0 Å². The first-order valence-corrected chi connectivity index (χ1v) is 18.1. The molecule has 2 aromatic carbocycles.